The van der Waals surface area contributed by atoms with Crippen LogP contribution in [0.25, 0.3) is 0 Å². The predicted molar refractivity (Wildman–Crippen MR) is 344 cm³/mol. The number of esters is 3. The zero-order valence-electron chi connectivity index (χ0n) is 53.7. The smallest absolute Gasteiger partial charge is 0.306 e. The number of rotatable bonds is 67. The van der Waals surface area contributed by atoms with Crippen LogP contribution in [0.1, 0.15) is 406 Å². The summed E-state index contributed by atoms with van der Waals surface area (Å²) in [5.74, 6) is -0.848. The molecule has 0 bridgehead atoms. The summed E-state index contributed by atoms with van der Waals surface area (Å²) in [7, 11) is 0. The summed E-state index contributed by atoms with van der Waals surface area (Å²) in [6.07, 6.45) is 83.7. The molecule has 0 aromatic rings. The maximum atomic E-state index is 12.9. The Bertz CT molecular complexity index is 1270. The molecule has 466 valence electrons. The van der Waals surface area contributed by atoms with E-state index in [0.29, 0.717) is 19.3 Å². The second kappa shape index (κ2) is 68.4. The topological polar surface area (TPSA) is 78.9 Å². The van der Waals surface area contributed by atoms with Gasteiger partial charge in [-0.2, -0.15) is 0 Å². The fraction of sp³-hybridized carbons (Fsp3) is 0.904. The molecule has 0 spiro atoms. The van der Waals surface area contributed by atoms with E-state index in [2.05, 4.69) is 45.1 Å². The Morgan fingerprint density at radius 3 is 0.709 bits per heavy atom. The summed E-state index contributed by atoms with van der Waals surface area (Å²) >= 11 is 0. The van der Waals surface area contributed by atoms with E-state index in [4.69, 9.17) is 14.2 Å². The minimum atomic E-state index is -0.772. The number of allylic oxidation sites excluding steroid dienone is 4. The fourth-order valence-electron chi connectivity index (χ4n) is 11.1. The van der Waals surface area contributed by atoms with E-state index in [1.165, 1.54) is 295 Å². The fourth-order valence-corrected chi connectivity index (χ4v) is 11.1. The lowest BCUT2D eigenvalue weighted by Gasteiger charge is -2.18. The van der Waals surface area contributed by atoms with E-state index in [9.17, 15) is 14.4 Å². The average molecular weight is 1110 g/mol. The number of unbranched alkanes of at least 4 members (excludes halogenated alkanes) is 52. The van der Waals surface area contributed by atoms with Crippen molar-refractivity contribution < 1.29 is 28.6 Å². The first-order chi connectivity index (χ1) is 39.0. The zero-order chi connectivity index (χ0) is 57.1. The van der Waals surface area contributed by atoms with E-state index in [1.54, 1.807) is 0 Å². The van der Waals surface area contributed by atoms with Gasteiger partial charge in [0.25, 0.3) is 0 Å². The molecule has 0 aliphatic carbocycles. The summed E-state index contributed by atoms with van der Waals surface area (Å²) in [4.78, 5) is 38.3. The SMILES string of the molecule is CCCCCC/C=C\C/C=C\CCCCCCCCCC(=O)OC(COC(=O)CCCCCCCCCCCCC)COC(=O)CCCCCCCCCCCCCCCCCCCCCCCCCCCCCCCCCC. The molecule has 6 nitrogen and oxygen atoms in total. The standard InChI is InChI=1S/C73H138O6/c1-4-7-10-13-16-19-22-24-26-28-30-31-32-33-34-35-36-37-38-39-40-41-42-43-45-46-48-51-54-57-60-63-66-72(75)78-69-70(68-77-71(74)65-62-59-56-53-50-21-18-15-12-9-6-3)79-73(76)67-64-61-58-55-52-49-47-44-29-27-25-23-20-17-14-11-8-5-2/h20,23,27,29,70H,4-19,21-22,24-26,28,30-69H2,1-3H3/b23-20-,29-27-. The Kier molecular flexibility index (Phi) is 66.6. The van der Waals surface area contributed by atoms with Gasteiger partial charge in [-0.1, -0.05) is 360 Å². The third kappa shape index (κ3) is 66.6. The van der Waals surface area contributed by atoms with Crippen LogP contribution in [0.4, 0.5) is 0 Å². The van der Waals surface area contributed by atoms with Crippen LogP contribution in [0, 0.1) is 0 Å². The lowest BCUT2D eigenvalue weighted by Crippen LogP contribution is -2.30. The molecule has 0 aromatic carbocycles. The summed E-state index contributed by atoms with van der Waals surface area (Å²) < 4.78 is 16.9. The number of carbonyl (C=O) groups excluding carboxylic acids is 3. The summed E-state index contributed by atoms with van der Waals surface area (Å²) in [5, 5.41) is 0. The van der Waals surface area contributed by atoms with Crippen LogP contribution in [0.2, 0.25) is 0 Å². The molecule has 0 aromatic heterocycles. The first-order valence-corrected chi connectivity index (χ1v) is 35.8. The van der Waals surface area contributed by atoms with Crippen molar-refractivity contribution >= 4 is 17.9 Å². The van der Waals surface area contributed by atoms with Gasteiger partial charge in [-0.25, -0.2) is 0 Å². The van der Waals surface area contributed by atoms with Crippen molar-refractivity contribution in [3.63, 3.8) is 0 Å². The van der Waals surface area contributed by atoms with Crippen molar-refractivity contribution in [1.82, 2.24) is 0 Å². The Hall–Kier alpha value is -2.11. The molecule has 0 aliphatic rings. The first-order valence-electron chi connectivity index (χ1n) is 35.8. The molecule has 0 saturated heterocycles. The summed E-state index contributed by atoms with van der Waals surface area (Å²) in [6.45, 7) is 6.68. The third-order valence-electron chi connectivity index (χ3n) is 16.5. The molecule has 0 heterocycles. The van der Waals surface area contributed by atoms with Gasteiger partial charge in [0.05, 0.1) is 0 Å². The maximum absolute atomic E-state index is 12.9. The largest absolute Gasteiger partial charge is 0.462 e. The molecular formula is C73H138O6. The Morgan fingerprint density at radius 2 is 0.456 bits per heavy atom. The molecule has 1 unspecified atom stereocenters. The normalized spacial score (nSPS) is 12.1. The highest BCUT2D eigenvalue weighted by molar-refractivity contribution is 5.71. The monoisotopic (exact) mass is 1110 g/mol. The Morgan fingerprint density at radius 1 is 0.253 bits per heavy atom. The van der Waals surface area contributed by atoms with Crippen LogP contribution in [0.15, 0.2) is 24.3 Å². The molecule has 0 fully saturated rings. The van der Waals surface area contributed by atoms with Gasteiger partial charge in [-0.05, 0) is 51.4 Å². The van der Waals surface area contributed by atoms with E-state index >= 15 is 0 Å². The summed E-state index contributed by atoms with van der Waals surface area (Å²) in [5.41, 5.74) is 0. The van der Waals surface area contributed by atoms with Crippen molar-refractivity contribution in [2.45, 2.75) is 412 Å². The van der Waals surface area contributed by atoms with Crippen molar-refractivity contribution in [1.29, 1.82) is 0 Å². The molecule has 79 heavy (non-hydrogen) atoms. The molecule has 0 N–H and O–H groups in total. The van der Waals surface area contributed by atoms with Gasteiger partial charge in [0.15, 0.2) is 6.10 Å². The van der Waals surface area contributed by atoms with E-state index in [1.807, 2.05) is 0 Å². The van der Waals surface area contributed by atoms with E-state index in [0.717, 1.165) is 70.6 Å². The van der Waals surface area contributed by atoms with Crippen LogP contribution < -0.4 is 0 Å². The van der Waals surface area contributed by atoms with Crippen molar-refractivity contribution in [3.8, 4) is 0 Å². The third-order valence-corrected chi connectivity index (χ3v) is 16.5. The van der Waals surface area contributed by atoms with Crippen LogP contribution >= 0.6 is 0 Å². The van der Waals surface area contributed by atoms with Crippen molar-refractivity contribution in [2.24, 2.45) is 0 Å². The molecule has 0 radical (unpaired) electrons. The van der Waals surface area contributed by atoms with Gasteiger partial charge < -0.3 is 14.2 Å². The highest BCUT2D eigenvalue weighted by Crippen LogP contribution is 2.19. The highest BCUT2D eigenvalue weighted by Gasteiger charge is 2.19. The number of ether oxygens (including phenoxy) is 3. The van der Waals surface area contributed by atoms with Crippen LogP contribution in [-0.2, 0) is 28.6 Å². The molecular weight excluding hydrogens is 973 g/mol. The van der Waals surface area contributed by atoms with Crippen LogP contribution in [-0.4, -0.2) is 37.2 Å². The maximum Gasteiger partial charge on any atom is 0.306 e. The highest BCUT2D eigenvalue weighted by atomic mass is 16.6. The molecule has 6 heteroatoms. The van der Waals surface area contributed by atoms with Crippen LogP contribution in [0.5, 0.6) is 0 Å². The Labute approximate surface area is 493 Å². The van der Waals surface area contributed by atoms with Crippen LogP contribution in [0.3, 0.4) is 0 Å². The molecule has 0 saturated carbocycles. The van der Waals surface area contributed by atoms with E-state index < -0.39 is 6.10 Å². The second-order valence-corrected chi connectivity index (χ2v) is 24.5. The number of carbonyl (C=O) groups is 3. The second-order valence-electron chi connectivity index (χ2n) is 24.5. The van der Waals surface area contributed by atoms with Crippen molar-refractivity contribution in [3.05, 3.63) is 24.3 Å². The van der Waals surface area contributed by atoms with Gasteiger partial charge in [-0.15, -0.1) is 0 Å². The van der Waals surface area contributed by atoms with E-state index in [-0.39, 0.29) is 31.1 Å². The van der Waals surface area contributed by atoms with Gasteiger partial charge in [-0.3, -0.25) is 14.4 Å². The van der Waals surface area contributed by atoms with Gasteiger partial charge in [0, 0.05) is 19.3 Å². The lowest BCUT2D eigenvalue weighted by molar-refractivity contribution is -0.167. The van der Waals surface area contributed by atoms with Gasteiger partial charge in [0.2, 0.25) is 0 Å². The van der Waals surface area contributed by atoms with Crippen molar-refractivity contribution in [2.75, 3.05) is 13.2 Å². The van der Waals surface area contributed by atoms with Gasteiger partial charge >= 0.3 is 17.9 Å². The zero-order valence-corrected chi connectivity index (χ0v) is 53.7. The van der Waals surface area contributed by atoms with Gasteiger partial charge in [0.1, 0.15) is 13.2 Å². The Balaban J connectivity index is 4.07. The first kappa shape index (κ1) is 76.9. The molecule has 0 amide bonds. The predicted octanol–water partition coefficient (Wildman–Crippen LogP) is 24.6. The lowest BCUT2D eigenvalue weighted by atomic mass is 10.0. The molecule has 1 atom stereocenters. The summed E-state index contributed by atoms with van der Waals surface area (Å²) in [6, 6.07) is 0. The molecule has 0 aliphatic heterocycles. The number of hydrogen-bond acceptors (Lipinski definition) is 6. The average Bonchev–Trinajstić information content (AvgIpc) is 3.45. The minimum absolute atomic E-state index is 0.0685. The number of hydrogen-bond donors (Lipinski definition) is 0. The minimum Gasteiger partial charge on any atom is -0.462 e. The molecule has 0 rings (SSSR count). The quantitative estimate of drug-likeness (QED) is 0.0261.